The number of phenolic OH excluding ortho intramolecular Hbond substituents is 1. The van der Waals surface area contributed by atoms with Crippen molar-refractivity contribution in [3.05, 3.63) is 36.5 Å². The SMILES string of the molecule is COc1ccc(-c2cnsc2-c2cc(OC)c3c(c2)OCO3)c(O)c1. The van der Waals surface area contributed by atoms with Gasteiger partial charge in [-0.25, -0.2) is 0 Å². The van der Waals surface area contributed by atoms with E-state index in [9.17, 15) is 5.11 Å². The molecule has 6 nitrogen and oxygen atoms in total. The van der Waals surface area contributed by atoms with Gasteiger partial charge in [0.15, 0.2) is 11.5 Å². The first kappa shape index (κ1) is 15.6. The number of hydrogen-bond donors (Lipinski definition) is 1. The lowest BCUT2D eigenvalue weighted by Gasteiger charge is -2.10. The number of benzene rings is 2. The quantitative estimate of drug-likeness (QED) is 0.763. The fourth-order valence-electron chi connectivity index (χ4n) is 2.77. The molecule has 0 spiro atoms. The Labute approximate surface area is 148 Å². The summed E-state index contributed by atoms with van der Waals surface area (Å²) < 4.78 is 25.8. The van der Waals surface area contributed by atoms with Crippen LogP contribution in [0.3, 0.4) is 0 Å². The van der Waals surface area contributed by atoms with Crippen LogP contribution in [0.4, 0.5) is 0 Å². The van der Waals surface area contributed by atoms with E-state index in [1.165, 1.54) is 11.5 Å². The van der Waals surface area contributed by atoms with Crippen molar-refractivity contribution < 1.29 is 24.1 Å². The molecule has 0 saturated carbocycles. The highest BCUT2D eigenvalue weighted by Crippen LogP contribution is 2.47. The van der Waals surface area contributed by atoms with E-state index in [0.29, 0.717) is 28.6 Å². The molecule has 0 atom stereocenters. The van der Waals surface area contributed by atoms with Gasteiger partial charge in [-0.3, -0.25) is 0 Å². The van der Waals surface area contributed by atoms with Crippen LogP contribution in [0.15, 0.2) is 36.5 Å². The van der Waals surface area contributed by atoms with E-state index < -0.39 is 0 Å². The molecule has 0 radical (unpaired) electrons. The van der Waals surface area contributed by atoms with E-state index in [-0.39, 0.29) is 12.5 Å². The fourth-order valence-corrected chi connectivity index (χ4v) is 3.51. The molecule has 1 aliphatic rings. The highest BCUT2D eigenvalue weighted by molar-refractivity contribution is 7.10. The third-order valence-corrected chi connectivity index (χ3v) is 4.84. The maximum Gasteiger partial charge on any atom is 0.231 e. The van der Waals surface area contributed by atoms with Crippen LogP contribution < -0.4 is 18.9 Å². The lowest BCUT2D eigenvalue weighted by Crippen LogP contribution is -1.93. The number of fused-ring (bicyclic) bond motifs is 1. The van der Waals surface area contributed by atoms with Crippen LogP contribution in [0.25, 0.3) is 21.6 Å². The standard InChI is InChI=1S/C18H15NO5S/c1-21-11-3-4-12(14(20)7-11)13-8-19-25-18(13)10-5-15(22-2)17-16(6-10)23-9-24-17/h3-8,20H,9H2,1-2H3. The molecular formula is C18H15NO5S. The van der Waals surface area contributed by atoms with Crippen LogP contribution in [0, 0.1) is 0 Å². The second-order valence-electron chi connectivity index (χ2n) is 5.36. The summed E-state index contributed by atoms with van der Waals surface area (Å²) in [6.45, 7) is 0.171. The summed E-state index contributed by atoms with van der Waals surface area (Å²) in [5, 5.41) is 10.3. The topological polar surface area (TPSA) is 70.0 Å². The number of ether oxygens (including phenoxy) is 4. The Bertz CT molecular complexity index is 937. The predicted octanol–water partition coefficient (Wildman–Crippen LogP) is 3.93. The van der Waals surface area contributed by atoms with Crippen LogP contribution in [-0.2, 0) is 0 Å². The van der Waals surface area contributed by atoms with Gasteiger partial charge in [0.25, 0.3) is 0 Å². The maximum absolute atomic E-state index is 10.3. The Hall–Kier alpha value is -2.93. The van der Waals surface area contributed by atoms with E-state index in [0.717, 1.165) is 16.0 Å². The summed E-state index contributed by atoms with van der Waals surface area (Å²) in [6, 6.07) is 8.97. The molecule has 2 heterocycles. The molecule has 0 amide bonds. The molecule has 3 aromatic rings. The normalized spacial score (nSPS) is 12.2. The van der Waals surface area contributed by atoms with Crippen molar-refractivity contribution in [3.63, 3.8) is 0 Å². The molecule has 0 saturated heterocycles. The fraction of sp³-hybridized carbons (Fsp3) is 0.167. The molecule has 1 aromatic heterocycles. The van der Waals surface area contributed by atoms with Gasteiger partial charge in [0.2, 0.25) is 12.5 Å². The number of phenols is 1. The predicted molar refractivity (Wildman–Crippen MR) is 93.9 cm³/mol. The highest BCUT2D eigenvalue weighted by atomic mass is 32.1. The van der Waals surface area contributed by atoms with Crippen molar-refractivity contribution in [2.24, 2.45) is 0 Å². The number of aromatic hydroxyl groups is 1. The van der Waals surface area contributed by atoms with Gasteiger partial charge in [-0.1, -0.05) is 0 Å². The van der Waals surface area contributed by atoms with Crippen molar-refractivity contribution in [2.75, 3.05) is 21.0 Å². The van der Waals surface area contributed by atoms with Crippen molar-refractivity contribution in [1.29, 1.82) is 0 Å². The van der Waals surface area contributed by atoms with Gasteiger partial charge in [-0.2, -0.15) is 4.37 Å². The van der Waals surface area contributed by atoms with Gasteiger partial charge in [-0.05, 0) is 35.8 Å². The molecule has 2 aromatic carbocycles. The van der Waals surface area contributed by atoms with Crippen molar-refractivity contribution in [2.45, 2.75) is 0 Å². The van der Waals surface area contributed by atoms with E-state index in [1.807, 2.05) is 18.2 Å². The third-order valence-electron chi connectivity index (χ3n) is 3.99. The first-order valence-corrected chi connectivity index (χ1v) is 8.28. The van der Waals surface area contributed by atoms with Gasteiger partial charge < -0.3 is 24.1 Å². The number of nitrogens with zero attached hydrogens (tertiary/aromatic N) is 1. The molecule has 7 heteroatoms. The number of hydrogen-bond acceptors (Lipinski definition) is 7. The average molecular weight is 357 g/mol. The van der Waals surface area contributed by atoms with Gasteiger partial charge in [-0.15, -0.1) is 0 Å². The van der Waals surface area contributed by atoms with Crippen molar-refractivity contribution in [1.82, 2.24) is 4.37 Å². The summed E-state index contributed by atoms with van der Waals surface area (Å²) in [5.74, 6) is 2.56. The van der Waals surface area contributed by atoms with Crippen LogP contribution in [0.2, 0.25) is 0 Å². The summed E-state index contributed by atoms with van der Waals surface area (Å²) in [7, 11) is 3.15. The largest absolute Gasteiger partial charge is 0.507 e. The van der Waals surface area contributed by atoms with E-state index >= 15 is 0 Å². The molecule has 0 bridgehead atoms. The Morgan fingerprint density at radius 2 is 1.96 bits per heavy atom. The van der Waals surface area contributed by atoms with Crippen LogP contribution in [0.5, 0.6) is 28.7 Å². The number of rotatable bonds is 4. The minimum atomic E-state index is 0.133. The summed E-state index contributed by atoms with van der Waals surface area (Å²) >= 11 is 1.34. The van der Waals surface area contributed by atoms with Gasteiger partial charge in [0.1, 0.15) is 11.5 Å². The minimum Gasteiger partial charge on any atom is -0.507 e. The van der Waals surface area contributed by atoms with E-state index in [1.54, 1.807) is 32.5 Å². The van der Waals surface area contributed by atoms with E-state index in [4.69, 9.17) is 18.9 Å². The molecule has 0 aliphatic carbocycles. The smallest absolute Gasteiger partial charge is 0.231 e. The van der Waals surface area contributed by atoms with Crippen LogP contribution >= 0.6 is 11.5 Å². The van der Waals surface area contributed by atoms with Crippen LogP contribution in [0.1, 0.15) is 0 Å². The monoisotopic (exact) mass is 357 g/mol. The average Bonchev–Trinajstić information content (AvgIpc) is 3.29. The number of methoxy groups -OCH3 is 2. The zero-order valence-electron chi connectivity index (χ0n) is 13.6. The molecule has 128 valence electrons. The Morgan fingerprint density at radius 1 is 1.08 bits per heavy atom. The van der Waals surface area contributed by atoms with Crippen molar-refractivity contribution >= 4 is 11.5 Å². The molecule has 1 aliphatic heterocycles. The third kappa shape index (κ3) is 2.62. The number of aromatic nitrogens is 1. The first-order chi connectivity index (χ1) is 12.2. The van der Waals surface area contributed by atoms with Gasteiger partial charge >= 0.3 is 0 Å². The first-order valence-electron chi connectivity index (χ1n) is 7.51. The van der Waals surface area contributed by atoms with Crippen LogP contribution in [-0.4, -0.2) is 30.5 Å². The summed E-state index contributed by atoms with van der Waals surface area (Å²) in [4.78, 5) is 0.900. The van der Waals surface area contributed by atoms with Gasteiger partial charge in [0, 0.05) is 29.0 Å². The molecular weight excluding hydrogens is 342 g/mol. The summed E-state index contributed by atoms with van der Waals surface area (Å²) in [6.07, 6.45) is 1.73. The second kappa shape index (κ2) is 6.18. The minimum absolute atomic E-state index is 0.133. The summed E-state index contributed by atoms with van der Waals surface area (Å²) in [5.41, 5.74) is 2.39. The Kier molecular flexibility index (Phi) is 3.85. The Morgan fingerprint density at radius 3 is 2.72 bits per heavy atom. The molecule has 1 N–H and O–H groups in total. The molecule has 0 fully saturated rings. The zero-order valence-corrected chi connectivity index (χ0v) is 14.4. The molecule has 0 unspecified atom stereocenters. The zero-order chi connectivity index (χ0) is 17.4. The Balaban J connectivity index is 1.83. The van der Waals surface area contributed by atoms with Gasteiger partial charge in [0.05, 0.1) is 19.1 Å². The second-order valence-corrected chi connectivity index (χ2v) is 6.17. The maximum atomic E-state index is 10.3. The van der Waals surface area contributed by atoms with E-state index in [2.05, 4.69) is 4.37 Å². The van der Waals surface area contributed by atoms with Crippen molar-refractivity contribution in [3.8, 4) is 50.3 Å². The molecule has 25 heavy (non-hydrogen) atoms. The highest BCUT2D eigenvalue weighted by Gasteiger charge is 2.23. The lowest BCUT2D eigenvalue weighted by molar-refractivity contribution is 0.171. The lowest BCUT2D eigenvalue weighted by atomic mass is 10.0. The molecule has 4 rings (SSSR count).